The molecule has 2 aromatic rings. The summed E-state index contributed by atoms with van der Waals surface area (Å²) in [5.74, 6) is 0.643. The molecule has 0 atom stereocenters. The number of hydrogen-bond donors (Lipinski definition) is 0. The highest BCUT2D eigenvalue weighted by Gasteiger charge is 2.27. The average Bonchev–Trinajstić information content (AvgIpc) is 2.96. The Morgan fingerprint density at radius 3 is 2.44 bits per heavy atom. The summed E-state index contributed by atoms with van der Waals surface area (Å²) >= 11 is 1.65. The largest absolute Gasteiger partial charge is 0.339 e. The maximum absolute atomic E-state index is 12.9. The molecule has 9 heteroatoms. The van der Waals surface area contributed by atoms with Crippen LogP contribution in [0.2, 0.25) is 0 Å². The van der Waals surface area contributed by atoms with Crippen LogP contribution in [0.3, 0.4) is 0 Å². The topological polar surface area (TPSA) is 75.5 Å². The lowest BCUT2D eigenvalue weighted by Crippen LogP contribution is -2.49. The van der Waals surface area contributed by atoms with Gasteiger partial charge in [0.2, 0.25) is 16.0 Å². The fourth-order valence-electron chi connectivity index (χ4n) is 3.78. The molecule has 4 rings (SSSR count). The van der Waals surface area contributed by atoms with Crippen molar-refractivity contribution in [2.75, 3.05) is 37.3 Å². The molecule has 2 aromatic heterocycles. The highest BCUT2D eigenvalue weighted by molar-refractivity contribution is 7.88. The standard InChI is InChI=1S/C16H22N4O3S2/c1-18-15(21)13-11-5-3-4-6-12(11)24-14(13)17-16(18)19-7-9-20(10-8-19)25(2,22)23/h3-10H2,1-2H3. The van der Waals surface area contributed by atoms with Crippen LogP contribution in [0.4, 0.5) is 5.95 Å². The van der Waals surface area contributed by atoms with E-state index in [4.69, 9.17) is 4.98 Å². The Morgan fingerprint density at radius 2 is 1.76 bits per heavy atom. The SMILES string of the molecule is Cn1c(N2CCN(S(C)(=O)=O)CC2)nc2sc3c(c2c1=O)CCCC3. The summed E-state index contributed by atoms with van der Waals surface area (Å²) in [4.78, 5) is 21.9. The molecule has 1 aliphatic carbocycles. The molecule has 0 radical (unpaired) electrons. The first-order chi connectivity index (χ1) is 11.9. The second kappa shape index (κ2) is 6.07. The zero-order chi connectivity index (χ0) is 17.8. The zero-order valence-electron chi connectivity index (χ0n) is 14.5. The van der Waals surface area contributed by atoms with E-state index in [1.54, 1.807) is 23.0 Å². The fraction of sp³-hybridized carbons (Fsp3) is 0.625. The molecular formula is C16H22N4O3S2. The molecule has 1 aliphatic heterocycles. The van der Waals surface area contributed by atoms with Gasteiger partial charge in [0.25, 0.3) is 5.56 Å². The molecule has 0 amide bonds. The molecule has 25 heavy (non-hydrogen) atoms. The Balaban J connectivity index is 1.72. The van der Waals surface area contributed by atoms with Gasteiger partial charge >= 0.3 is 0 Å². The molecular weight excluding hydrogens is 360 g/mol. The maximum Gasteiger partial charge on any atom is 0.263 e. The van der Waals surface area contributed by atoms with E-state index in [1.165, 1.54) is 27.4 Å². The number of rotatable bonds is 2. The van der Waals surface area contributed by atoms with Crippen LogP contribution in [0.5, 0.6) is 0 Å². The summed E-state index contributed by atoms with van der Waals surface area (Å²) in [5, 5.41) is 0.792. The summed E-state index contributed by atoms with van der Waals surface area (Å²) in [6.07, 6.45) is 5.57. The van der Waals surface area contributed by atoms with Crippen LogP contribution in [0, 0.1) is 0 Å². The molecule has 1 saturated heterocycles. The Hall–Kier alpha value is -1.45. The average molecular weight is 383 g/mol. The quantitative estimate of drug-likeness (QED) is 0.773. The molecule has 1 fully saturated rings. The van der Waals surface area contributed by atoms with E-state index in [2.05, 4.69) is 0 Å². The predicted octanol–water partition coefficient (Wildman–Crippen LogP) is 0.955. The summed E-state index contributed by atoms with van der Waals surface area (Å²) < 4.78 is 26.5. The highest BCUT2D eigenvalue weighted by atomic mass is 32.2. The lowest BCUT2D eigenvalue weighted by Gasteiger charge is -2.34. The third-order valence-electron chi connectivity index (χ3n) is 5.16. The maximum atomic E-state index is 12.9. The first-order valence-corrected chi connectivity index (χ1v) is 11.2. The summed E-state index contributed by atoms with van der Waals surface area (Å²) in [6.45, 7) is 1.94. The fourth-order valence-corrected chi connectivity index (χ4v) is 5.85. The number of aryl methyl sites for hydroxylation is 2. The summed E-state index contributed by atoms with van der Waals surface area (Å²) in [7, 11) is -1.40. The lowest BCUT2D eigenvalue weighted by molar-refractivity contribution is 0.384. The van der Waals surface area contributed by atoms with Crippen LogP contribution in [-0.2, 0) is 29.9 Å². The van der Waals surface area contributed by atoms with Gasteiger partial charge in [0.05, 0.1) is 11.6 Å². The van der Waals surface area contributed by atoms with Gasteiger partial charge in [-0.25, -0.2) is 13.4 Å². The first-order valence-electron chi connectivity index (χ1n) is 8.57. The molecule has 0 bridgehead atoms. The smallest absolute Gasteiger partial charge is 0.263 e. The van der Waals surface area contributed by atoms with Crippen molar-refractivity contribution in [1.29, 1.82) is 0 Å². The van der Waals surface area contributed by atoms with E-state index in [-0.39, 0.29) is 5.56 Å². The van der Waals surface area contributed by atoms with E-state index >= 15 is 0 Å². The van der Waals surface area contributed by atoms with Crippen molar-refractivity contribution in [2.24, 2.45) is 7.05 Å². The van der Waals surface area contributed by atoms with Crippen LogP contribution in [-0.4, -0.2) is 54.7 Å². The monoisotopic (exact) mass is 382 g/mol. The number of nitrogens with zero attached hydrogens (tertiary/aromatic N) is 4. The third-order valence-corrected chi connectivity index (χ3v) is 7.65. The molecule has 2 aliphatic rings. The molecule has 3 heterocycles. The van der Waals surface area contributed by atoms with Gasteiger partial charge in [0.1, 0.15) is 4.83 Å². The number of aromatic nitrogens is 2. The van der Waals surface area contributed by atoms with E-state index < -0.39 is 10.0 Å². The van der Waals surface area contributed by atoms with Crippen molar-refractivity contribution in [2.45, 2.75) is 25.7 Å². The number of thiophene rings is 1. The van der Waals surface area contributed by atoms with Gasteiger partial charge in [0, 0.05) is 38.1 Å². The Morgan fingerprint density at radius 1 is 1.08 bits per heavy atom. The minimum absolute atomic E-state index is 0.0185. The van der Waals surface area contributed by atoms with Crippen molar-refractivity contribution < 1.29 is 8.42 Å². The third kappa shape index (κ3) is 2.88. The van der Waals surface area contributed by atoms with Gasteiger partial charge < -0.3 is 4.90 Å². The van der Waals surface area contributed by atoms with Crippen molar-refractivity contribution in [3.63, 3.8) is 0 Å². The van der Waals surface area contributed by atoms with E-state index in [0.29, 0.717) is 32.1 Å². The van der Waals surface area contributed by atoms with Crippen molar-refractivity contribution in [3.8, 4) is 0 Å². The predicted molar refractivity (Wildman–Crippen MR) is 100 cm³/mol. The first kappa shape index (κ1) is 17.0. The van der Waals surface area contributed by atoms with Crippen molar-refractivity contribution in [3.05, 3.63) is 20.8 Å². The minimum atomic E-state index is -3.17. The number of piperazine rings is 1. The Labute approximate surface area is 150 Å². The van der Waals surface area contributed by atoms with Gasteiger partial charge in [-0.15, -0.1) is 11.3 Å². The Kier molecular flexibility index (Phi) is 4.12. The minimum Gasteiger partial charge on any atom is -0.339 e. The van der Waals surface area contributed by atoms with Crippen LogP contribution < -0.4 is 10.5 Å². The Bertz CT molecular complexity index is 985. The van der Waals surface area contributed by atoms with Gasteiger partial charge in [-0.05, 0) is 31.2 Å². The van der Waals surface area contributed by atoms with Gasteiger partial charge in [0.15, 0.2) is 0 Å². The van der Waals surface area contributed by atoms with Crippen molar-refractivity contribution >= 4 is 37.5 Å². The lowest BCUT2D eigenvalue weighted by atomic mass is 9.97. The molecule has 0 N–H and O–H groups in total. The molecule has 136 valence electrons. The molecule has 0 saturated carbocycles. The van der Waals surface area contributed by atoms with Gasteiger partial charge in [-0.1, -0.05) is 0 Å². The zero-order valence-corrected chi connectivity index (χ0v) is 16.1. The molecule has 7 nitrogen and oxygen atoms in total. The van der Waals surface area contributed by atoms with Crippen molar-refractivity contribution in [1.82, 2.24) is 13.9 Å². The number of fused-ring (bicyclic) bond motifs is 3. The van der Waals surface area contributed by atoms with Crippen LogP contribution in [0.25, 0.3) is 10.2 Å². The summed E-state index contributed by atoms with van der Waals surface area (Å²) in [6, 6.07) is 0. The number of sulfonamides is 1. The number of hydrogen-bond acceptors (Lipinski definition) is 6. The second-order valence-corrected chi connectivity index (χ2v) is 9.88. The number of anilines is 1. The van der Waals surface area contributed by atoms with Crippen LogP contribution in [0.1, 0.15) is 23.3 Å². The van der Waals surface area contributed by atoms with Gasteiger partial charge in [-0.3, -0.25) is 9.36 Å². The van der Waals surface area contributed by atoms with E-state index in [1.807, 2.05) is 4.90 Å². The summed E-state index contributed by atoms with van der Waals surface area (Å²) in [5.41, 5.74) is 1.22. The highest BCUT2D eigenvalue weighted by Crippen LogP contribution is 2.34. The molecule has 0 spiro atoms. The molecule has 0 aromatic carbocycles. The molecule has 0 unspecified atom stereocenters. The van der Waals surface area contributed by atoms with E-state index in [9.17, 15) is 13.2 Å². The second-order valence-electron chi connectivity index (χ2n) is 6.82. The van der Waals surface area contributed by atoms with Crippen LogP contribution >= 0.6 is 11.3 Å². The van der Waals surface area contributed by atoms with Crippen LogP contribution in [0.15, 0.2) is 4.79 Å². The van der Waals surface area contributed by atoms with Gasteiger partial charge in [-0.2, -0.15) is 4.31 Å². The van der Waals surface area contributed by atoms with E-state index in [0.717, 1.165) is 29.5 Å². The normalized spacial score (nSPS) is 19.4.